The highest BCUT2D eigenvalue weighted by molar-refractivity contribution is 5.79. The lowest BCUT2D eigenvalue weighted by atomic mass is 10.3. The fourth-order valence-electron chi connectivity index (χ4n) is 2.61. The Morgan fingerprint density at radius 2 is 1.81 bits per heavy atom. The quantitative estimate of drug-likeness (QED) is 0.319. The molecule has 0 heterocycles. The zero-order valence-corrected chi connectivity index (χ0v) is 17.0. The Balaban J connectivity index is 2.25. The highest BCUT2D eigenvalue weighted by Gasteiger charge is 2.02. The lowest BCUT2D eigenvalue weighted by molar-refractivity contribution is 0.180. The van der Waals surface area contributed by atoms with Crippen molar-refractivity contribution in [2.24, 2.45) is 4.99 Å². The Morgan fingerprint density at radius 3 is 2.50 bits per heavy atom. The number of benzene rings is 1. The van der Waals surface area contributed by atoms with Gasteiger partial charge in [0.2, 0.25) is 0 Å². The molecule has 6 heteroatoms. The first-order valence-electron chi connectivity index (χ1n) is 9.63. The van der Waals surface area contributed by atoms with Crippen molar-refractivity contribution in [1.29, 1.82) is 0 Å². The van der Waals surface area contributed by atoms with Gasteiger partial charge in [0.05, 0.1) is 0 Å². The van der Waals surface area contributed by atoms with Crippen molar-refractivity contribution in [3.8, 4) is 0 Å². The summed E-state index contributed by atoms with van der Waals surface area (Å²) < 4.78 is 5.09. The molecule has 0 aliphatic rings. The fraction of sp³-hybridized carbons (Fsp3) is 0.650. The second kappa shape index (κ2) is 14.4. The summed E-state index contributed by atoms with van der Waals surface area (Å²) in [6.07, 6.45) is 2.09. The molecule has 1 aromatic carbocycles. The summed E-state index contributed by atoms with van der Waals surface area (Å²) in [6, 6.07) is 10.5. The Bertz CT molecular complexity index is 480. The van der Waals surface area contributed by atoms with E-state index in [-0.39, 0.29) is 0 Å². The van der Waals surface area contributed by atoms with Crippen molar-refractivity contribution in [3.63, 3.8) is 0 Å². The van der Waals surface area contributed by atoms with Gasteiger partial charge in [-0.15, -0.1) is 0 Å². The van der Waals surface area contributed by atoms with Crippen LogP contribution in [0.1, 0.15) is 19.8 Å². The standard InChI is InChI=1S/C20H37N5O/c1-5-21-20(23-14-17-24(2)15-10-18-26-4)22-13-9-16-25(3)19-11-7-6-8-12-19/h6-8,11-12H,5,9-10,13-18H2,1-4H3,(H2,21,22,23). The zero-order chi connectivity index (χ0) is 19.0. The van der Waals surface area contributed by atoms with E-state index in [1.54, 1.807) is 7.11 Å². The van der Waals surface area contributed by atoms with Gasteiger partial charge in [0, 0.05) is 65.7 Å². The van der Waals surface area contributed by atoms with Crippen molar-refractivity contribution >= 4 is 11.6 Å². The van der Waals surface area contributed by atoms with Gasteiger partial charge in [-0.25, -0.2) is 0 Å². The Kier molecular flexibility index (Phi) is 12.3. The lowest BCUT2D eigenvalue weighted by Crippen LogP contribution is -2.41. The van der Waals surface area contributed by atoms with E-state index in [2.05, 4.69) is 70.7 Å². The van der Waals surface area contributed by atoms with E-state index in [1.165, 1.54) is 5.69 Å². The van der Waals surface area contributed by atoms with Crippen molar-refractivity contribution in [3.05, 3.63) is 30.3 Å². The summed E-state index contributed by atoms with van der Waals surface area (Å²) in [5, 5.41) is 6.73. The topological polar surface area (TPSA) is 52.1 Å². The maximum Gasteiger partial charge on any atom is 0.191 e. The average molecular weight is 364 g/mol. The predicted octanol–water partition coefficient (Wildman–Crippen LogP) is 2.04. The Morgan fingerprint density at radius 1 is 1.04 bits per heavy atom. The number of likely N-dealkylation sites (N-methyl/N-ethyl adjacent to an activating group) is 1. The summed E-state index contributed by atoms with van der Waals surface area (Å²) in [5.74, 6) is 0.903. The van der Waals surface area contributed by atoms with Crippen LogP contribution in [0.5, 0.6) is 0 Å². The molecule has 0 unspecified atom stereocenters. The predicted molar refractivity (Wildman–Crippen MR) is 112 cm³/mol. The van der Waals surface area contributed by atoms with Crippen LogP contribution >= 0.6 is 0 Å². The van der Waals surface area contributed by atoms with Crippen LogP contribution in [0.4, 0.5) is 5.69 Å². The molecule has 0 amide bonds. The third-order valence-corrected chi connectivity index (χ3v) is 4.14. The van der Waals surface area contributed by atoms with Gasteiger partial charge in [0.25, 0.3) is 0 Å². The number of para-hydroxylation sites is 1. The molecule has 0 fully saturated rings. The van der Waals surface area contributed by atoms with E-state index in [1.807, 2.05) is 6.07 Å². The second-order valence-corrected chi connectivity index (χ2v) is 6.45. The van der Waals surface area contributed by atoms with E-state index < -0.39 is 0 Å². The van der Waals surface area contributed by atoms with Crippen LogP contribution in [-0.4, -0.2) is 77.9 Å². The summed E-state index contributed by atoms with van der Waals surface area (Å²) in [4.78, 5) is 9.26. The number of hydrogen-bond acceptors (Lipinski definition) is 4. The van der Waals surface area contributed by atoms with Crippen LogP contribution in [0.15, 0.2) is 35.3 Å². The van der Waals surface area contributed by atoms with Crippen molar-refractivity contribution < 1.29 is 4.74 Å². The summed E-state index contributed by atoms with van der Waals surface area (Å²) >= 11 is 0. The number of aliphatic imine (C=N–C) groups is 1. The molecular formula is C20H37N5O. The first kappa shape index (κ1) is 22.3. The molecule has 2 N–H and O–H groups in total. The largest absolute Gasteiger partial charge is 0.385 e. The van der Waals surface area contributed by atoms with Gasteiger partial charge < -0.3 is 25.2 Å². The van der Waals surface area contributed by atoms with E-state index in [9.17, 15) is 0 Å². The molecule has 0 bridgehead atoms. The molecule has 1 rings (SSSR count). The smallest absolute Gasteiger partial charge is 0.191 e. The van der Waals surface area contributed by atoms with Crippen LogP contribution < -0.4 is 15.5 Å². The Labute approximate surface area is 159 Å². The van der Waals surface area contributed by atoms with Crippen LogP contribution in [0.25, 0.3) is 0 Å². The van der Waals surface area contributed by atoms with Crippen LogP contribution in [0.2, 0.25) is 0 Å². The maximum absolute atomic E-state index is 5.09. The summed E-state index contributed by atoms with van der Waals surface area (Å²) in [6.45, 7) is 8.53. The van der Waals surface area contributed by atoms with Gasteiger partial charge in [-0.3, -0.25) is 4.99 Å². The monoisotopic (exact) mass is 363 g/mol. The first-order chi connectivity index (χ1) is 12.7. The number of rotatable bonds is 13. The SMILES string of the molecule is CCNC(=NCCCN(C)c1ccccc1)NCCN(C)CCCOC. The third kappa shape index (κ3) is 10.3. The van der Waals surface area contributed by atoms with Crippen molar-refractivity contribution in [2.45, 2.75) is 19.8 Å². The van der Waals surface area contributed by atoms with Crippen LogP contribution in [-0.2, 0) is 4.74 Å². The molecule has 0 spiro atoms. The van der Waals surface area contributed by atoms with E-state index in [4.69, 9.17) is 4.74 Å². The summed E-state index contributed by atoms with van der Waals surface area (Å²) in [5.41, 5.74) is 1.25. The van der Waals surface area contributed by atoms with Gasteiger partial charge in [-0.1, -0.05) is 18.2 Å². The van der Waals surface area contributed by atoms with E-state index in [0.717, 1.165) is 64.7 Å². The van der Waals surface area contributed by atoms with Crippen molar-refractivity contribution in [2.75, 3.05) is 72.0 Å². The maximum atomic E-state index is 5.09. The van der Waals surface area contributed by atoms with Gasteiger partial charge in [0.15, 0.2) is 5.96 Å². The lowest BCUT2D eigenvalue weighted by Gasteiger charge is -2.19. The number of methoxy groups -OCH3 is 1. The molecule has 0 radical (unpaired) electrons. The van der Waals surface area contributed by atoms with Gasteiger partial charge in [0.1, 0.15) is 0 Å². The summed E-state index contributed by atoms with van der Waals surface area (Å²) in [7, 11) is 6.01. The second-order valence-electron chi connectivity index (χ2n) is 6.45. The highest BCUT2D eigenvalue weighted by atomic mass is 16.5. The number of guanidine groups is 1. The third-order valence-electron chi connectivity index (χ3n) is 4.14. The number of nitrogens with one attached hydrogen (secondary N) is 2. The van der Waals surface area contributed by atoms with Gasteiger partial charge in [-0.05, 0) is 38.9 Å². The van der Waals surface area contributed by atoms with Crippen LogP contribution in [0.3, 0.4) is 0 Å². The Hall–Kier alpha value is -1.79. The minimum Gasteiger partial charge on any atom is -0.385 e. The van der Waals surface area contributed by atoms with E-state index >= 15 is 0 Å². The molecule has 148 valence electrons. The minimum absolute atomic E-state index is 0.816. The number of nitrogens with zero attached hydrogens (tertiary/aromatic N) is 3. The molecule has 0 saturated heterocycles. The van der Waals surface area contributed by atoms with Crippen molar-refractivity contribution in [1.82, 2.24) is 15.5 Å². The molecule has 0 atom stereocenters. The zero-order valence-electron chi connectivity index (χ0n) is 17.0. The van der Waals surface area contributed by atoms with Gasteiger partial charge in [-0.2, -0.15) is 0 Å². The first-order valence-corrected chi connectivity index (χ1v) is 9.63. The van der Waals surface area contributed by atoms with Gasteiger partial charge >= 0.3 is 0 Å². The number of ether oxygens (including phenoxy) is 1. The normalized spacial score (nSPS) is 11.7. The molecule has 0 aliphatic heterocycles. The number of hydrogen-bond donors (Lipinski definition) is 2. The molecule has 1 aromatic rings. The molecule has 0 aromatic heterocycles. The molecule has 6 nitrogen and oxygen atoms in total. The minimum atomic E-state index is 0.816. The fourth-order valence-corrected chi connectivity index (χ4v) is 2.61. The molecule has 0 aliphatic carbocycles. The average Bonchev–Trinajstić information content (AvgIpc) is 2.66. The molecule has 26 heavy (non-hydrogen) atoms. The molecule has 0 saturated carbocycles. The van der Waals surface area contributed by atoms with E-state index in [0.29, 0.717) is 0 Å². The highest BCUT2D eigenvalue weighted by Crippen LogP contribution is 2.10. The van der Waals surface area contributed by atoms with Crippen LogP contribution in [0, 0.1) is 0 Å². The molecular weight excluding hydrogens is 326 g/mol. The number of anilines is 1.